The zero-order chi connectivity index (χ0) is 15.2. The molecule has 21 heavy (non-hydrogen) atoms. The topological polar surface area (TPSA) is 12.0 Å². The molecule has 0 aliphatic heterocycles. The summed E-state index contributed by atoms with van der Waals surface area (Å²) in [5.41, 5.74) is 5.39. The number of hydrogen-bond acceptors (Lipinski definition) is 2. The van der Waals surface area contributed by atoms with E-state index in [1.165, 1.54) is 31.6 Å². The van der Waals surface area contributed by atoms with Crippen LogP contribution < -0.4 is 5.32 Å². The molecule has 1 N–H and O–H groups in total. The third-order valence-electron chi connectivity index (χ3n) is 3.25. The van der Waals surface area contributed by atoms with Gasteiger partial charge < -0.3 is 5.32 Å². The van der Waals surface area contributed by atoms with Gasteiger partial charge in [0, 0.05) is 21.7 Å². The van der Waals surface area contributed by atoms with Crippen molar-refractivity contribution in [2.24, 2.45) is 0 Å². The second-order valence-electron chi connectivity index (χ2n) is 5.33. The zero-order valence-corrected chi connectivity index (χ0v) is 15.3. The monoisotopic (exact) mass is 363 g/mol. The quantitative estimate of drug-likeness (QED) is 0.683. The summed E-state index contributed by atoms with van der Waals surface area (Å²) in [5, 5.41) is 3.35. The van der Waals surface area contributed by atoms with Crippen LogP contribution in [0.1, 0.15) is 29.2 Å². The molecule has 0 amide bonds. The minimum atomic E-state index is 0.928. The maximum atomic E-state index is 3.69. The van der Waals surface area contributed by atoms with Gasteiger partial charge in [-0.15, -0.1) is 11.8 Å². The van der Waals surface area contributed by atoms with Gasteiger partial charge in [-0.05, 0) is 59.6 Å². The van der Waals surface area contributed by atoms with E-state index in [0.717, 1.165) is 18.8 Å². The summed E-state index contributed by atoms with van der Waals surface area (Å²) < 4.78 is 1.19. The van der Waals surface area contributed by atoms with E-state index in [-0.39, 0.29) is 0 Å². The maximum absolute atomic E-state index is 3.69. The predicted molar refractivity (Wildman–Crippen MR) is 97.0 cm³/mol. The molecule has 0 atom stereocenters. The van der Waals surface area contributed by atoms with Crippen LogP contribution in [0.3, 0.4) is 0 Å². The summed E-state index contributed by atoms with van der Waals surface area (Å²) in [6.07, 6.45) is 0. The molecule has 0 unspecified atom stereocenters. The third kappa shape index (κ3) is 5.17. The van der Waals surface area contributed by atoms with E-state index in [1.54, 1.807) is 0 Å². The fourth-order valence-electron chi connectivity index (χ4n) is 2.35. The molecule has 1 nitrogen and oxygen atoms in total. The number of rotatable bonds is 6. The molecule has 2 aromatic rings. The summed E-state index contributed by atoms with van der Waals surface area (Å²) in [5.74, 6) is 1.01. The first kappa shape index (κ1) is 16.6. The van der Waals surface area contributed by atoms with Crippen LogP contribution in [0, 0.1) is 13.8 Å². The van der Waals surface area contributed by atoms with Crippen molar-refractivity contribution in [3.63, 3.8) is 0 Å². The highest BCUT2D eigenvalue weighted by molar-refractivity contribution is 9.10. The number of nitrogens with one attached hydrogen (secondary N) is 1. The molecule has 0 bridgehead atoms. The molecule has 0 aliphatic rings. The van der Waals surface area contributed by atoms with Gasteiger partial charge in [-0.3, -0.25) is 0 Å². The largest absolute Gasteiger partial charge is 0.313 e. The van der Waals surface area contributed by atoms with Gasteiger partial charge in [0.15, 0.2) is 0 Å². The van der Waals surface area contributed by atoms with E-state index in [1.807, 2.05) is 11.8 Å². The van der Waals surface area contributed by atoms with Crippen molar-refractivity contribution in [3.05, 3.63) is 63.1 Å². The van der Waals surface area contributed by atoms with Gasteiger partial charge >= 0.3 is 0 Å². The van der Waals surface area contributed by atoms with Gasteiger partial charge in [0.1, 0.15) is 0 Å². The molecule has 0 aliphatic carbocycles. The lowest BCUT2D eigenvalue weighted by Crippen LogP contribution is -2.11. The van der Waals surface area contributed by atoms with Crippen LogP contribution in [-0.2, 0) is 12.3 Å². The van der Waals surface area contributed by atoms with E-state index < -0.39 is 0 Å². The summed E-state index contributed by atoms with van der Waals surface area (Å²) in [6, 6.07) is 13.4. The standard InChI is InChI=1S/C18H22BrNS/c1-4-20-11-15-5-6-18(17(19)10-15)21-12-16-8-13(2)7-14(3)9-16/h5-10,20H,4,11-12H2,1-3H3. The Morgan fingerprint density at radius 2 is 1.71 bits per heavy atom. The average molecular weight is 364 g/mol. The Bertz CT molecular complexity index is 590. The van der Waals surface area contributed by atoms with Crippen LogP contribution >= 0.6 is 27.7 Å². The Hall–Kier alpha value is -0.770. The molecule has 112 valence electrons. The highest BCUT2D eigenvalue weighted by Crippen LogP contribution is 2.31. The molecular weight excluding hydrogens is 342 g/mol. The number of aryl methyl sites for hydroxylation is 2. The van der Waals surface area contributed by atoms with Crippen molar-refractivity contribution >= 4 is 27.7 Å². The molecule has 3 heteroatoms. The van der Waals surface area contributed by atoms with E-state index in [9.17, 15) is 0 Å². The van der Waals surface area contributed by atoms with Gasteiger partial charge in [-0.25, -0.2) is 0 Å². The molecular formula is C18H22BrNS. The molecule has 0 saturated heterocycles. The normalized spacial score (nSPS) is 10.9. The molecule has 0 saturated carbocycles. The van der Waals surface area contributed by atoms with Crippen LogP contribution in [0.4, 0.5) is 0 Å². The summed E-state index contributed by atoms with van der Waals surface area (Å²) in [4.78, 5) is 1.30. The number of benzene rings is 2. The van der Waals surface area contributed by atoms with Gasteiger partial charge in [0.2, 0.25) is 0 Å². The Kier molecular flexibility index (Phi) is 6.34. The first-order chi connectivity index (χ1) is 10.1. The van der Waals surface area contributed by atoms with Crippen molar-refractivity contribution in [2.75, 3.05) is 6.54 Å². The summed E-state index contributed by atoms with van der Waals surface area (Å²) in [6.45, 7) is 8.38. The van der Waals surface area contributed by atoms with E-state index in [4.69, 9.17) is 0 Å². The Labute approximate surface area is 140 Å². The van der Waals surface area contributed by atoms with E-state index >= 15 is 0 Å². The SMILES string of the molecule is CCNCc1ccc(SCc2cc(C)cc(C)c2)c(Br)c1. The fourth-order valence-corrected chi connectivity index (χ4v) is 3.97. The summed E-state index contributed by atoms with van der Waals surface area (Å²) in [7, 11) is 0. The average Bonchev–Trinajstić information content (AvgIpc) is 2.43. The predicted octanol–water partition coefficient (Wildman–Crippen LogP) is 5.47. The van der Waals surface area contributed by atoms with Gasteiger partial charge in [0.05, 0.1) is 0 Å². The Morgan fingerprint density at radius 1 is 1.00 bits per heavy atom. The van der Waals surface area contributed by atoms with E-state index in [0.29, 0.717) is 0 Å². The number of thioether (sulfide) groups is 1. The highest BCUT2D eigenvalue weighted by Gasteiger charge is 2.04. The van der Waals surface area contributed by atoms with Crippen molar-refractivity contribution < 1.29 is 0 Å². The minimum Gasteiger partial charge on any atom is -0.313 e. The lowest BCUT2D eigenvalue weighted by molar-refractivity contribution is 0.726. The molecule has 0 aromatic heterocycles. The Balaban J connectivity index is 2.02. The van der Waals surface area contributed by atoms with Crippen LogP contribution in [-0.4, -0.2) is 6.54 Å². The number of hydrogen-bond donors (Lipinski definition) is 1. The van der Waals surface area contributed by atoms with Gasteiger partial charge in [-0.1, -0.05) is 42.3 Å². The Morgan fingerprint density at radius 3 is 2.33 bits per heavy atom. The van der Waals surface area contributed by atoms with Crippen molar-refractivity contribution in [2.45, 2.75) is 38.0 Å². The van der Waals surface area contributed by atoms with E-state index in [2.05, 4.69) is 78.4 Å². The molecule has 2 rings (SSSR count). The second-order valence-corrected chi connectivity index (χ2v) is 7.20. The van der Waals surface area contributed by atoms with Crippen LogP contribution in [0.25, 0.3) is 0 Å². The zero-order valence-electron chi connectivity index (χ0n) is 12.9. The van der Waals surface area contributed by atoms with Crippen molar-refractivity contribution in [1.82, 2.24) is 5.32 Å². The lowest BCUT2D eigenvalue weighted by Gasteiger charge is -2.09. The highest BCUT2D eigenvalue weighted by atomic mass is 79.9. The van der Waals surface area contributed by atoms with Crippen molar-refractivity contribution in [3.8, 4) is 0 Å². The van der Waals surface area contributed by atoms with Gasteiger partial charge in [-0.2, -0.15) is 0 Å². The first-order valence-electron chi connectivity index (χ1n) is 7.27. The molecule has 0 spiro atoms. The van der Waals surface area contributed by atoms with Crippen molar-refractivity contribution in [1.29, 1.82) is 0 Å². The van der Waals surface area contributed by atoms with Gasteiger partial charge in [0.25, 0.3) is 0 Å². The summed E-state index contributed by atoms with van der Waals surface area (Å²) >= 11 is 5.58. The number of halogens is 1. The molecule has 0 heterocycles. The minimum absolute atomic E-state index is 0.928. The first-order valence-corrected chi connectivity index (χ1v) is 9.05. The second kappa shape index (κ2) is 8.02. The molecule has 0 radical (unpaired) electrons. The van der Waals surface area contributed by atoms with Crippen LogP contribution in [0.15, 0.2) is 45.8 Å². The maximum Gasteiger partial charge on any atom is 0.0314 e. The molecule has 0 fully saturated rings. The third-order valence-corrected chi connectivity index (χ3v) is 5.31. The smallest absolute Gasteiger partial charge is 0.0314 e. The molecule has 2 aromatic carbocycles. The lowest BCUT2D eigenvalue weighted by atomic mass is 10.1. The fraction of sp³-hybridized carbons (Fsp3) is 0.333. The van der Waals surface area contributed by atoms with Crippen LogP contribution in [0.5, 0.6) is 0 Å². The van der Waals surface area contributed by atoms with Crippen LogP contribution in [0.2, 0.25) is 0 Å².